The molecule has 6 heteroatoms. The second-order valence-corrected chi connectivity index (χ2v) is 6.76. The van der Waals surface area contributed by atoms with Gasteiger partial charge in [0.2, 0.25) is 0 Å². The van der Waals surface area contributed by atoms with Crippen molar-refractivity contribution in [3.63, 3.8) is 0 Å². The highest BCUT2D eigenvalue weighted by atomic mass is 32.1. The number of guanidine groups is 1. The maximum atomic E-state index is 4.46. The predicted octanol–water partition coefficient (Wildman–Crippen LogP) is 1.91. The van der Waals surface area contributed by atoms with Crippen LogP contribution in [0.4, 0.5) is 0 Å². The van der Waals surface area contributed by atoms with E-state index in [4.69, 9.17) is 0 Å². The van der Waals surface area contributed by atoms with Crippen LogP contribution < -0.4 is 10.6 Å². The molecule has 1 aliphatic heterocycles. The van der Waals surface area contributed by atoms with Crippen LogP contribution in [0.1, 0.15) is 35.3 Å². The van der Waals surface area contributed by atoms with Crippen molar-refractivity contribution in [1.29, 1.82) is 0 Å². The molecule has 1 fully saturated rings. The first-order chi connectivity index (χ1) is 10.1. The molecule has 1 saturated heterocycles. The number of thiazole rings is 1. The second kappa shape index (κ2) is 7.75. The van der Waals surface area contributed by atoms with Crippen molar-refractivity contribution < 1.29 is 0 Å². The number of rotatable bonds is 5. The first kappa shape index (κ1) is 16.2. The monoisotopic (exact) mass is 309 g/mol. The number of hydrogen-bond acceptors (Lipinski definition) is 4. The largest absolute Gasteiger partial charge is 0.355 e. The van der Waals surface area contributed by atoms with Crippen LogP contribution in [0.5, 0.6) is 0 Å². The lowest BCUT2D eigenvalue weighted by molar-refractivity contribution is 0.267. The number of aryl methyl sites for hydroxylation is 2. The van der Waals surface area contributed by atoms with E-state index in [1.165, 1.54) is 24.3 Å². The summed E-state index contributed by atoms with van der Waals surface area (Å²) in [5, 5.41) is 7.96. The Balaban J connectivity index is 1.80. The summed E-state index contributed by atoms with van der Waals surface area (Å²) in [6, 6.07) is 0.640. The molecule has 2 N–H and O–H groups in total. The van der Waals surface area contributed by atoms with E-state index >= 15 is 0 Å². The van der Waals surface area contributed by atoms with Crippen molar-refractivity contribution in [2.24, 2.45) is 4.99 Å². The van der Waals surface area contributed by atoms with Crippen LogP contribution in [0.25, 0.3) is 0 Å². The Labute approximate surface area is 131 Å². The summed E-state index contributed by atoms with van der Waals surface area (Å²) in [5.74, 6) is 0.878. The summed E-state index contributed by atoms with van der Waals surface area (Å²) in [4.78, 5) is 12.6. The van der Waals surface area contributed by atoms with Crippen LogP contribution in [0.2, 0.25) is 0 Å². The third-order valence-corrected chi connectivity index (χ3v) is 5.12. The van der Waals surface area contributed by atoms with Gasteiger partial charge in [0.05, 0.1) is 17.2 Å². The molecule has 2 rings (SSSR count). The molecule has 0 amide bonds. The second-order valence-electron chi connectivity index (χ2n) is 5.47. The highest BCUT2D eigenvalue weighted by molar-refractivity contribution is 7.11. The number of likely N-dealkylation sites (N-methyl/N-ethyl adjacent to an activating group) is 1. The summed E-state index contributed by atoms with van der Waals surface area (Å²) in [5.41, 5.74) is 1.12. The molecule has 0 aliphatic carbocycles. The van der Waals surface area contributed by atoms with Crippen molar-refractivity contribution in [2.45, 2.75) is 46.2 Å². The SMILES string of the molecule is CCN1CCCC1CNC(=NC)NCc1sc(C)nc1C. The molecule has 1 aliphatic rings. The van der Waals surface area contributed by atoms with Crippen LogP contribution in [0.3, 0.4) is 0 Å². The zero-order chi connectivity index (χ0) is 15.2. The van der Waals surface area contributed by atoms with E-state index in [1.807, 2.05) is 14.0 Å². The molecule has 21 heavy (non-hydrogen) atoms. The molecular formula is C15H27N5S. The number of nitrogens with one attached hydrogen (secondary N) is 2. The van der Waals surface area contributed by atoms with Gasteiger partial charge in [-0.15, -0.1) is 11.3 Å². The zero-order valence-corrected chi connectivity index (χ0v) is 14.4. The first-order valence-electron chi connectivity index (χ1n) is 7.75. The van der Waals surface area contributed by atoms with Crippen LogP contribution >= 0.6 is 11.3 Å². The van der Waals surface area contributed by atoms with Gasteiger partial charge in [-0.3, -0.25) is 9.89 Å². The van der Waals surface area contributed by atoms with Gasteiger partial charge in [0.15, 0.2) is 5.96 Å². The fourth-order valence-electron chi connectivity index (χ4n) is 2.88. The first-order valence-corrected chi connectivity index (χ1v) is 8.57. The van der Waals surface area contributed by atoms with Crippen molar-refractivity contribution in [3.8, 4) is 0 Å². The smallest absolute Gasteiger partial charge is 0.191 e. The Morgan fingerprint density at radius 2 is 2.24 bits per heavy atom. The quantitative estimate of drug-likeness (QED) is 0.644. The Kier molecular flexibility index (Phi) is 5.99. The Morgan fingerprint density at radius 3 is 2.86 bits per heavy atom. The Hall–Kier alpha value is -1.14. The van der Waals surface area contributed by atoms with Gasteiger partial charge in [-0.25, -0.2) is 4.98 Å². The van der Waals surface area contributed by atoms with E-state index in [9.17, 15) is 0 Å². The third kappa shape index (κ3) is 4.41. The van der Waals surface area contributed by atoms with Gasteiger partial charge in [-0.2, -0.15) is 0 Å². The zero-order valence-electron chi connectivity index (χ0n) is 13.6. The van der Waals surface area contributed by atoms with E-state index < -0.39 is 0 Å². The lowest BCUT2D eigenvalue weighted by atomic mass is 10.2. The highest BCUT2D eigenvalue weighted by Crippen LogP contribution is 2.17. The fourth-order valence-corrected chi connectivity index (χ4v) is 3.76. The molecule has 1 atom stereocenters. The number of aliphatic imine (C=N–C) groups is 1. The van der Waals surface area contributed by atoms with Gasteiger partial charge in [0.1, 0.15) is 0 Å². The maximum Gasteiger partial charge on any atom is 0.191 e. The van der Waals surface area contributed by atoms with Crippen molar-refractivity contribution >= 4 is 17.3 Å². The third-order valence-electron chi connectivity index (χ3n) is 4.05. The summed E-state index contributed by atoms with van der Waals surface area (Å²) >= 11 is 1.75. The van der Waals surface area contributed by atoms with Crippen molar-refractivity contribution in [3.05, 3.63) is 15.6 Å². The van der Waals surface area contributed by atoms with Crippen LogP contribution in [0, 0.1) is 13.8 Å². The lowest BCUT2D eigenvalue weighted by Crippen LogP contribution is -2.44. The maximum absolute atomic E-state index is 4.46. The molecule has 1 unspecified atom stereocenters. The topological polar surface area (TPSA) is 52.5 Å². The minimum absolute atomic E-state index is 0.640. The van der Waals surface area contributed by atoms with E-state index in [1.54, 1.807) is 11.3 Å². The molecular weight excluding hydrogens is 282 g/mol. The van der Waals surface area contributed by atoms with E-state index in [-0.39, 0.29) is 0 Å². The number of hydrogen-bond donors (Lipinski definition) is 2. The average molecular weight is 309 g/mol. The summed E-state index contributed by atoms with van der Waals surface area (Å²) in [6.07, 6.45) is 2.59. The van der Waals surface area contributed by atoms with Gasteiger partial charge in [-0.1, -0.05) is 6.92 Å². The van der Waals surface area contributed by atoms with Crippen LogP contribution in [0.15, 0.2) is 4.99 Å². The van der Waals surface area contributed by atoms with Gasteiger partial charge < -0.3 is 10.6 Å². The molecule has 1 aromatic heterocycles. The molecule has 0 spiro atoms. The highest BCUT2D eigenvalue weighted by Gasteiger charge is 2.22. The standard InChI is InChI=1S/C15H27N5S/c1-5-20-8-6-7-13(20)9-17-15(16-4)18-10-14-11(2)19-12(3)21-14/h13H,5-10H2,1-4H3,(H2,16,17,18). The molecule has 0 saturated carbocycles. The minimum Gasteiger partial charge on any atom is -0.355 e. The van der Waals surface area contributed by atoms with Crippen molar-refractivity contribution in [1.82, 2.24) is 20.5 Å². The summed E-state index contributed by atoms with van der Waals surface area (Å²) < 4.78 is 0. The van der Waals surface area contributed by atoms with Gasteiger partial charge in [0.25, 0.3) is 0 Å². The van der Waals surface area contributed by atoms with Crippen LogP contribution in [-0.2, 0) is 6.54 Å². The Morgan fingerprint density at radius 1 is 1.43 bits per heavy atom. The predicted molar refractivity (Wildman–Crippen MR) is 90.1 cm³/mol. The summed E-state index contributed by atoms with van der Waals surface area (Å²) in [7, 11) is 1.83. The normalized spacial score (nSPS) is 20.0. The fraction of sp³-hybridized carbons (Fsp3) is 0.733. The van der Waals surface area contributed by atoms with Gasteiger partial charge in [0, 0.05) is 24.5 Å². The lowest BCUT2D eigenvalue weighted by Gasteiger charge is -2.23. The molecule has 0 radical (unpaired) electrons. The number of likely N-dealkylation sites (tertiary alicyclic amines) is 1. The molecule has 118 valence electrons. The molecule has 2 heterocycles. The molecule has 1 aromatic rings. The van der Waals surface area contributed by atoms with Gasteiger partial charge >= 0.3 is 0 Å². The van der Waals surface area contributed by atoms with E-state index in [0.717, 1.165) is 36.3 Å². The number of aromatic nitrogens is 1. The van der Waals surface area contributed by atoms with Crippen molar-refractivity contribution in [2.75, 3.05) is 26.7 Å². The minimum atomic E-state index is 0.640. The van der Waals surface area contributed by atoms with Gasteiger partial charge in [-0.05, 0) is 39.8 Å². The molecule has 0 aromatic carbocycles. The Bertz CT molecular complexity index is 482. The molecule has 5 nitrogen and oxygen atoms in total. The number of nitrogens with zero attached hydrogens (tertiary/aromatic N) is 3. The van der Waals surface area contributed by atoms with E-state index in [2.05, 4.69) is 39.4 Å². The molecule has 0 bridgehead atoms. The summed E-state index contributed by atoms with van der Waals surface area (Å²) in [6.45, 7) is 10.5. The van der Waals surface area contributed by atoms with Crippen LogP contribution in [-0.4, -0.2) is 48.6 Å². The average Bonchev–Trinajstić information content (AvgIpc) is 3.05. The van der Waals surface area contributed by atoms with E-state index in [0.29, 0.717) is 6.04 Å².